The van der Waals surface area contributed by atoms with Crippen LogP contribution in [0.25, 0.3) is 6.08 Å². The van der Waals surface area contributed by atoms with E-state index in [4.69, 9.17) is 13.9 Å². The molecule has 4 rings (SSSR count). The SMILES string of the molecule is COc1ccc([C@H]2C(C(=O)OC(C)C)=C(C)N=c3s/c(=C/c4ccco4)c(=O)n32)cc1. The molecule has 1 aliphatic rings. The summed E-state index contributed by atoms with van der Waals surface area (Å²) >= 11 is 1.25. The Morgan fingerprint density at radius 3 is 2.61 bits per heavy atom. The first-order valence-corrected chi connectivity index (χ1v) is 10.6. The van der Waals surface area contributed by atoms with Gasteiger partial charge in [0.15, 0.2) is 4.80 Å². The second-order valence-corrected chi connectivity index (χ2v) is 8.33. The molecule has 0 unspecified atom stereocenters. The molecule has 0 amide bonds. The largest absolute Gasteiger partial charge is 0.497 e. The number of carbonyl (C=O) groups is 1. The standard InChI is InChI=1S/C23H22N2O5S/c1-13(2)30-22(27)19-14(3)24-23-25(20(19)15-7-9-16(28-4)10-8-15)21(26)18(31-23)12-17-6-5-11-29-17/h5-13,20H,1-4H3/b18-12+/t20-/m0/s1. The van der Waals surface area contributed by atoms with Crippen LogP contribution >= 0.6 is 11.3 Å². The third-order valence-electron chi connectivity index (χ3n) is 4.83. The Balaban J connectivity index is 1.94. The fraction of sp³-hybridized carbons (Fsp3) is 0.261. The molecule has 0 spiro atoms. The summed E-state index contributed by atoms with van der Waals surface area (Å²) in [6.07, 6.45) is 2.93. The molecule has 1 aromatic carbocycles. The van der Waals surface area contributed by atoms with Crippen LogP contribution in [0.3, 0.4) is 0 Å². The molecule has 0 saturated heterocycles. The van der Waals surface area contributed by atoms with Gasteiger partial charge in [-0.25, -0.2) is 9.79 Å². The van der Waals surface area contributed by atoms with Gasteiger partial charge < -0.3 is 13.9 Å². The second kappa shape index (κ2) is 8.39. The quantitative estimate of drug-likeness (QED) is 0.572. The van der Waals surface area contributed by atoms with Crippen LogP contribution in [0.1, 0.15) is 38.1 Å². The zero-order valence-electron chi connectivity index (χ0n) is 17.6. The van der Waals surface area contributed by atoms with E-state index in [0.717, 1.165) is 5.56 Å². The van der Waals surface area contributed by atoms with Crippen molar-refractivity contribution >= 4 is 23.4 Å². The van der Waals surface area contributed by atoms with Crippen molar-refractivity contribution in [3.8, 4) is 5.75 Å². The first-order valence-electron chi connectivity index (χ1n) is 9.80. The summed E-state index contributed by atoms with van der Waals surface area (Å²) in [6.45, 7) is 5.33. The summed E-state index contributed by atoms with van der Waals surface area (Å²) in [4.78, 5) is 31.5. The summed E-state index contributed by atoms with van der Waals surface area (Å²) < 4.78 is 18.1. The number of aromatic nitrogens is 1. The van der Waals surface area contributed by atoms with Crippen molar-refractivity contribution in [3.05, 3.63) is 84.9 Å². The summed E-state index contributed by atoms with van der Waals surface area (Å²) in [5.41, 5.74) is 1.38. The van der Waals surface area contributed by atoms with Crippen LogP contribution in [0.15, 0.2) is 68.1 Å². The van der Waals surface area contributed by atoms with Crippen molar-refractivity contribution < 1.29 is 18.7 Å². The van der Waals surface area contributed by atoms with E-state index >= 15 is 0 Å². The molecule has 3 aromatic rings. The van der Waals surface area contributed by atoms with E-state index in [-0.39, 0.29) is 11.7 Å². The number of furan rings is 1. The Kier molecular flexibility index (Phi) is 5.65. The van der Waals surface area contributed by atoms with Crippen LogP contribution in [-0.2, 0) is 9.53 Å². The lowest BCUT2D eigenvalue weighted by molar-refractivity contribution is -0.143. The van der Waals surface area contributed by atoms with Gasteiger partial charge in [0.1, 0.15) is 11.5 Å². The van der Waals surface area contributed by atoms with E-state index in [1.165, 1.54) is 11.3 Å². The Hall–Kier alpha value is -3.39. The number of benzene rings is 1. The van der Waals surface area contributed by atoms with Gasteiger partial charge in [-0.2, -0.15) is 0 Å². The fourth-order valence-electron chi connectivity index (χ4n) is 3.46. The number of ether oxygens (including phenoxy) is 2. The fourth-order valence-corrected chi connectivity index (χ4v) is 4.49. The summed E-state index contributed by atoms with van der Waals surface area (Å²) in [6, 6.07) is 10.2. The van der Waals surface area contributed by atoms with Crippen LogP contribution in [0.5, 0.6) is 5.75 Å². The minimum atomic E-state index is -0.660. The molecule has 0 fully saturated rings. The van der Waals surface area contributed by atoms with Gasteiger partial charge in [0.2, 0.25) is 0 Å². The summed E-state index contributed by atoms with van der Waals surface area (Å²) in [5, 5.41) is 0. The van der Waals surface area contributed by atoms with Gasteiger partial charge in [0, 0.05) is 6.08 Å². The minimum absolute atomic E-state index is 0.247. The van der Waals surface area contributed by atoms with Gasteiger partial charge in [-0.3, -0.25) is 9.36 Å². The van der Waals surface area contributed by atoms with Crippen molar-refractivity contribution in [2.45, 2.75) is 32.9 Å². The van der Waals surface area contributed by atoms with Crippen LogP contribution in [0.4, 0.5) is 0 Å². The first-order chi connectivity index (χ1) is 14.9. The maximum absolute atomic E-state index is 13.4. The molecule has 1 aliphatic heterocycles. The van der Waals surface area contributed by atoms with Gasteiger partial charge in [0.25, 0.3) is 5.56 Å². The molecule has 0 radical (unpaired) electrons. The molecule has 2 aromatic heterocycles. The average molecular weight is 439 g/mol. The molecule has 3 heterocycles. The lowest BCUT2D eigenvalue weighted by Gasteiger charge is -2.25. The van der Waals surface area contributed by atoms with Gasteiger partial charge >= 0.3 is 5.97 Å². The third-order valence-corrected chi connectivity index (χ3v) is 5.82. The zero-order valence-corrected chi connectivity index (χ0v) is 18.4. The maximum atomic E-state index is 13.4. The number of methoxy groups -OCH3 is 1. The van der Waals surface area contributed by atoms with Crippen molar-refractivity contribution in [3.63, 3.8) is 0 Å². The second-order valence-electron chi connectivity index (χ2n) is 7.32. The predicted octanol–water partition coefficient (Wildman–Crippen LogP) is 2.79. The lowest BCUT2D eigenvalue weighted by Crippen LogP contribution is -2.40. The first kappa shape index (κ1) is 20.9. The molecule has 0 N–H and O–H groups in total. The van der Waals surface area contributed by atoms with Crippen LogP contribution < -0.4 is 19.6 Å². The smallest absolute Gasteiger partial charge is 0.338 e. The molecule has 0 aliphatic carbocycles. The van der Waals surface area contributed by atoms with E-state index in [1.54, 1.807) is 69.1 Å². The zero-order chi connectivity index (χ0) is 22.1. The number of hydrogen-bond acceptors (Lipinski definition) is 7. The van der Waals surface area contributed by atoms with Gasteiger partial charge in [-0.05, 0) is 50.6 Å². The van der Waals surface area contributed by atoms with E-state index < -0.39 is 12.0 Å². The number of nitrogens with zero attached hydrogens (tertiary/aromatic N) is 2. The molecular weight excluding hydrogens is 416 g/mol. The van der Waals surface area contributed by atoms with Crippen molar-refractivity contribution in [1.82, 2.24) is 4.57 Å². The Morgan fingerprint density at radius 1 is 1.26 bits per heavy atom. The number of fused-ring (bicyclic) bond motifs is 1. The Bertz CT molecular complexity index is 1310. The van der Waals surface area contributed by atoms with Gasteiger partial charge in [0.05, 0.1) is 41.3 Å². The summed E-state index contributed by atoms with van der Waals surface area (Å²) in [7, 11) is 1.59. The lowest BCUT2D eigenvalue weighted by atomic mass is 9.96. The molecule has 160 valence electrons. The predicted molar refractivity (Wildman–Crippen MR) is 117 cm³/mol. The average Bonchev–Trinajstić information content (AvgIpc) is 3.35. The van der Waals surface area contributed by atoms with Crippen molar-refractivity contribution in [2.75, 3.05) is 7.11 Å². The highest BCUT2D eigenvalue weighted by atomic mass is 32.1. The monoisotopic (exact) mass is 438 g/mol. The molecule has 0 saturated carbocycles. The molecule has 1 atom stereocenters. The topological polar surface area (TPSA) is 83.0 Å². The van der Waals surface area contributed by atoms with Gasteiger partial charge in [-0.1, -0.05) is 23.5 Å². The van der Waals surface area contributed by atoms with Crippen LogP contribution in [-0.4, -0.2) is 23.8 Å². The third kappa shape index (κ3) is 3.98. The summed E-state index contributed by atoms with van der Waals surface area (Å²) in [5.74, 6) is 0.764. The molecular formula is C23H22N2O5S. The molecule has 31 heavy (non-hydrogen) atoms. The van der Waals surface area contributed by atoms with Gasteiger partial charge in [-0.15, -0.1) is 0 Å². The highest BCUT2D eigenvalue weighted by Gasteiger charge is 2.33. The van der Waals surface area contributed by atoms with E-state index in [9.17, 15) is 9.59 Å². The van der Waals surface area contributed by atoms with E-state index in [0.29, 0.717) is 32.1 Å². The maximum Gasteiger partial charge on any atom is 0.338 e. The Labute approximate surface area is 182 Å². The Morgan fingerprint density at radius 2 is 2.00 bits per heavy atom. The van der Waals surface area contributed by atoms with Crippen molar-refractivity contribution in [1.29, 1.82) is 0 Å². The van der Waals surface area contributed by atoms with Crippen LogP contribution in [0, 0.1) is 0 Å². The number of carbonyl (C=O) groups excluding carboxylic acids is 1. The van der Waals surface area contributed by atoms with E-state index in [1.807, 2.05) is 12.1 Å². The highest BCUT2D eigenvalue weighted by molar-refractivity contribution is 7.07. The number of thiazole rings is 1. The molecule has 7 nitrogen and oxygen atoms in total. The highest BCUT2D eigenvalue weighted by Crippen LogP contribution is 2.31. The van der Waals surface area contributed by atoms with E-state index in [2.05, 4.69) is 4.99 Å². The van der Waals surface area contributed by atoms with Crippen molar-refractivity contribution in [2.24, 2.45) is 4.99 Å². The number of allylic oxidation sites excluding steroid dienone is 1. The number of rotatable bonds is 5. The normalized spacial score (nSPS) is 16.3. The molecule has 0 bridgehead atoms. The number of esters is 1. The molecule has 8 heteroatoms. The van der Waals surface area contributed by atoms with Crippen LogP contribution in [0.2, 0.25) is 0 Å². The number of hydrogen-bond donors (Lipinski definition) is 0. The minimum Gasteiger partial charge on any atom is -0.497 e.